The van der Waals surface area contributed by atoms with Gasteiger partial charge in [0.2, 0.25) is 11.8 Å². The average Bonchev–Trinajstić information content (AvgIpc) is 2.62. The molecule has 6 nitrogen and oxygen atoms in total. The second-order valence-corrected chi connectivity index (χ2v) is 5.40. The lowest BCUT2D eigenvalue weighted by atomic mass is 10.1. The molecule has 0 atom stereocenters. The third-order valence-electron chi connectivity index (χ3n) is 3.37. The van der Waals surface area contributed by atoms with Crippen LogP contribution in [0.1, 0.15) is 22.8 Å². The second kappa shape index (κ2) is 8.57. The van der Waals surface area contributed by atoms with Gasteiger partial charge in [0.05, 0.1) is 5.69 Å². The molecule has 0 saturated carbocycles. The van der Waals surface area contributed by atoms with E-state index in [1.165, 1.54) is 25.1 Å². The van der Waals surface area contributed by atoms with Gasteiger partial charge in [0, 0.05) is 31.3 Å². The third kappa shape index (κ3) is 5.27. The van der Waals surface area contributed by atoms with Gasteiger partial charge in [-0.2, -0.15) is 0 Å². The van der Waals surface area contributed by atoms with Crippen LogP contribution in [0, 0.1) is 5.82 Å². The van der Waals surface area contributed by atoms with E-state index in [9.17, 15) is 18.8 Å². The minimum atomic E-state index is -0.593. The van der Waals surface area contributed by atoms with Crippen molar-refractivity contribution >= 4 is 35.2 Å². The molecule has 0 unspecified atom stereocenters. The first-order valence-electron chi connectivity index (χ1n) is 7.77. The number of nitrogens with one attached hydrogen (secondary N) is 3. The van der Waals surface area contributed by atoms with Crippen molar-refractivity contribution in [1.29, 1.82) is 0 Å². The van der Waals surface area contributed by atoms with E-state index >= 15 is 0 Å². The van der Waals surface area contributed by atoms with E-state index in [-0.39, 0.29) is 11.6 Å². The molecule has 2 rings (SSSR count). The zero-order valence-corrected chi connectivity index (χ0v) is 14.3. The summed E-state index contributed by atoms with van der Waals surface area (Å²) in [5, 5.41) is 7.46. The van der Waals surface area contributed by atoms with Gasteiger partial charge in [0.1, 0.15) is 5.82 Å². The lowest BCUT2D eigenvalue weighted by molar-refractivity contribution is -0.114. The Morgan fingerprint density at radius 2 is 1.69 bits per heavy atom. The first-order chi connectivity index (χ1) is 12.4. The van der Waals surface area contributed by atoms with Crippen LogP contribution in [-0.4, -0.2) is 24.8 Å². The SMILES string of the molecule is CNC(=O)c1ccc(/C=C/C(=O)Nc2ccc(F)c(NC(C)=O)c2)cc1. The molecular formula is C19H18FN3O3. The van der Waals surface area contributed by atoms with Crippen LogP contribution >= 0.6 is 0 Å². The van der Waals surface area contributed by atoms with Crippen LogP contribution in [0.4, 0.5) is 15.8 Å². The molecule has 0 fully saturated rings. The van der Waals surface area contributed by atoms with E-state index in [4.69, 9.17) is 0 Å². The van der Waals surface area contributed by atoms with Gasteiger partial charge in [0.15, 0.2) is 0 Å². The van der Waals surface area contributed by atoms with Crippen molar-refractivity contribution in [2.75, 3.05) is 17.7 Å². The van der Waals surface area contributed by atoms with E-state index < -0.39 is 17.6 Å². The average molecular weight is 355 g/mol. The maximum Gasteiger partial charge on any atom is 0.251 e. The molecule has 0 radical (unpaired) electrons. The van der Waals surface area contributed by atoms with Crippen LogP contribution in [0.25, 0.3) is 6.08 Å². The number of halogens is 1. The van der Waals surface area contributed by atoms with E-state index in [0.717, 1.165) is 11.6 Å². The van der Waals surface area contributed by atoms with E-state index in [0.29, 0.717) is 11.3 Å². The maximum atomic E-state index is 13.6. The molecule has 0 aliphatic rings. The van der Waals surface area contributed by atoms with Gasteiger partial charge in [-0.05, 0) is 42.0 Å². The van der Waals surface area contributed by atoms with E-state index in [1.54, 1.807) is 37.4 Å². The molecule has 0 heterocycles. The van der Waals surface area contributed by atoms with Crippen molar-refractivity contribution in [3.05, 3.63) is 65.5 Å². The Labute approximate surface area is 150 Å². The summed E-state index contributed by atoms with van der Waals surface area (Å²) in [6.45, 7) is 1.27. The van der Waals surface area contributed by atoms with Gasteiger partial charge >= 0.3 is 0 Å². The molecule has 0 aliphatic carbocycles. The summed E-state index contributed by atoms with van der Waals surface area (Å²) in [5.74, 6) is -1.61. The number of anilines is 2. The van der Waals surface area contributed by atoms with Crippen molar-refractivity contribution in [2.45, 2.75) is 6.92 Å². The fourth-order valence-electron chi connectivity index (χ4n) is 2.13. The molecule has 0 bridgehead atoms. The van der Waals surface area contributed by atoms with Crippen molar-refractivity contribution < 1.29 is 18.8 Å². The first kappa shape index (κ1) is 18.9. The van der Waals surface area contributed by atoms with Gasteiger partial charge in [-0.25, -0.2) is 4.39 Å². The van der Waals surface area contributed by atoms with Crippen LogP contribution in [0.3, 0.4) is 0 Å². The summed E-state index contributed by atoms with van der Waals surface area (Å²) in [6.07, 6.45) is 2.90. The molecule has 0 spiro atoms. The number of carbonyl (C=O) groups is 3. The summed E-state index contributed by atoms with van der Waals surface area (Å²) < 4.78 is 13.6. The van der Waals surface area contributed by atoms with Gasteiger partial charge in [0.25, 0.3) is 5.91 Å². The molecule has 0 aliphatic heterocycles. The molecule has 0 aromatic heterocycles. The fraction of sp³-hybridized carbons (Fsp3) is 0.105. The molecule has 2 aromatic carbocycles. The molecule has 7 heteroatoms. The first-order valence-corrected chi connectivity index (χ1v) is 7.77. The molecule has 134 valence electrons. The fourth-order valence-corrected chi connectivity index (χ4v) is 2.13. The smallest absolute Gasteiger partial charge is 0.251 e. The topological polar surface area (TPSA) is 87.3 Å². The number of amides is 3. The normalized spacial score (nSPS) is 10.4. The number of hydrogen-bond donors (Lipinski definition) is 3. The zero-order valence-electron chi connectivity index (χ0n) is 14.3. The minimum Gasteiger partial charge on any atom is -0.355 e. The summed E-state index contributed by atoms with van der Waals surface area (Å²) in [4.78, 5) is 34.5. The largest absolute Gasteiger partial charge is 0.355 e. The zero-order chi connectivity index (χ0) is 19.1. The van der Waals surface area contributed by atoms with E-state index in [1.807, 2.05) is 0 Å². The Kier molecular flexibility index (Phi) is 6.21. The molecule has 3 amide bonds. The van der Waals surface area contributed by atoms with Gasteiger partial charge in [-0.3, -0.25) is 14.4 Å². The molecular weight excluding hydrogens is 337 g/mol. The Bertz CT molecular complexity index is 861. The molecule has 26 heavy (non-hydrogen) atoms. The summed E-state index contributed by atoms with van der Waals surface area (Å²) in [5.41, 5.74) is 1.60. The summed E-state index contributed by atoms with van der Waals surface area (Å²) in [6, 6.07) is 10.6. The Morgan fingerprint density at radius 3 is 2.31 bits per heavy atom. The Morgan fingerprint density at radius 1 is 1.00 bits per heavy atom. The second-order valence-electron chi connectivity index (χ2n) is 5.40. The standard InChI is InChI=1S/C19H18FN3O3/c1-12(24)22-17-11-15(8-9-16(17)20)23-18(25)10-5-13-3-6-14(7-4-13)19(26)21-2/h3-11H,1-2H3,(H,21,26)(H,22,24)(H,23,25)/b10-5+. The van der Waals surface area contributed by atoms with E-state index in [2.05, 4.69) is 16.0 Å². The highest BCUT2D eigenvalue weighted by atomic mass is 19.1. The van der Waals surface area contributed by atoms with Crippen LogP contribution in [0.15, 0.2) is 48.5 Å². The highest BCUT2D eigenvalue weighted by Gasteiger charge is 2.06. The Hall–Kier alpha value is -3.48. The van der Waals surface area contributed by atoms with Crippen molar-refractivity contribution in [3.8, 4) is 0 Å². The highest BCUT2D eigenvalue weighted by Crippen LogP contribution is 2.19. The lowest BCUT2D eigenvalue weighted by Crippen LogP contribution is -2.17. The maximum absolute atomic E-state index is 13.6. The van der Waals surface area contributed by atoms with Gasteiger partial charge in [-0.15, -0.1) is 0 Å². The third-order valence-corrected chi connectivity index (χ3v) is 3.37. The monoisotopic (exact) mass is 355 g/mol. The number of hydrogen-bond acceptors (Lipinski definition) is 3. The van der Waals surface area contributed by atoms with Crippen LogP contribution in [-0.2, 0) is 9.59 Å². The number of benzene rings is 2. The van der Waals surface area contributed by atoms with Crippen molar-refractivity contribution in [2.24, 2.45) is 0 Å². The van der Waals surface area contributed by atoms with Gasteiger partial charge in [-0.1, -0.05) is 12.1 Å². The predicted octanol–water partition coefficient (Wildman–Crippen LogP) is 2.80. The van der Waals surface area contributed by atoms with Crippen molar-refractivity contribution in [1.82, 2.24) is 5.32 Å². The number of carbonyl (C=O) groups excluding carboxylic acids is 3. The minimum absolute atomic E-state index is 0.0101. The lowest BCUT2D eigenvalue weighted by Gasteiger charge is -2.07. The molecule has 2 aromatic rings. The predicted molar refractivity (Wildman–Crippen MR) is 98.2 cm³/mol. The molecule has 3 N–H and O–H groups in total. The van der Waals surface area contributed by atoms with Crippen LogP contribution in [0.2, 0.25) is 0 Å². The Balaban J connectivity index is 2.03. The van der Waals surface area contributed by atoms with Crippen molar-refractivity contribution in [3.63, 3.8) is 0 Å². The van der Waals surface area contributed by atoms with Gasteiger partial charge < -0.3 is 16.0 Å². The highest BCUT2D eigenvalue weighted by molar-refractivity contribution is 6.02. The molecule has 0 saturated heterocycles. The van der Waals surface area contributed by atoms with Crippen LogP contribution < -0.4 is 16.0 Å². The van der Waals surface area contributed by atoms with Crippen LogP contribution in [0.5, 0.6) is 0 Å². The summed E-state index contributed by atoms with van der Waals surface area (Å²) in [7, 11) is 1.55. The number of rotatable bonds is 5. The quantitative estimate of drug-likeness (QED) is 0.721. The summed E-state index contributed by atoms with van der Waals surface area (Å²) >= 11 is 0.